The van der Waals surface area contributed by atoms with Crippen LogP contribution in [0.2, 0.25) is 0 Å². The fourth-order valence-corrected chi connectivity index (χ4v) is 4.48. The summed E-state index contributed by atoms with van der Waals surface area (Å²) in [5, 5.41) is 0. The van der Waals surface area contributed by atoms with Crippen molar-refractivity contribution < 1.29 is 13.2 Å². The van der Waals surface area contributed by atoms with Crippen LogP contribution >= 0.6 is 0 Å². The van der Waals surface area contributed by atoms with Gasteiger partial charge in [0, 0.05) is 19.1 Å². The molecule has 1 aliphatic heterocycles. The maximum atomic E-state index is 12.8. The Morgan fingerprint density at radius 1 is 1.32 bits per heavy atom. The molecule has 6 heteroatoms. The molecule has 0 saturated carbocycles. The van der Waals surface area contributed by atoms with E-state index in [0.717, 1.165) is 19.3 Å². The van der Waals surface area contributed by atoms with Crippen molar-refractivity contribution in [3.05, 3.63) is 24.3 Å². The van der Waals surface area contributed by atoms with Gasteiger partial charge in [0.2, 0.25) is 10.0 Å². The molecule has 1 fully saturated rings. The number of benzene rings is 1. The highest BCUT2D eigenvalue weighted by molar-refractivity contribution is 7.89. The van der Waals surface area contributed by atoms with E-state index < -0.39 is 10.0 Å². The molecule has 2 unspecified atom stereocenters. The minimum Gasteiger partial charge on any atom is -0.494 e. The molecule has 1 saturated heterocycles. The Morgan fingerprint density at radius 2 is 2.00 bits per heavy atom. The maximum absolute atomic E-state index is 12.8. The maximum Gasteiger partial charge on any atom is 0.243 e. The zero-order valence-electron chi connectivity index (χ0n) is 13.4. The predicted molar refractivity (Wildman–Crippen MR) is 87.4 cm³/mol. The summed E-state index contributed by atoms with van der Waals surface area (Å²) in [5.74, 6) is 1.22. The normalized spacial score (nSPS) is 23.4. The highest BCUT2D eigenvalue weighted by Crippen LogP contribution is 2.28. The molecule has 1 aliphatic rings. The van der Waals surface area contributed by atoms with Gasteiger partial charge in [-0.25, -0.2) is 8.42 Å². The van der Waals surface area contributed by atoms with E-state index in [1.807, 2.05) is 6.92 Å². The third kappa shape index (κ3) is 3.80. The van der Waals surface area contributed by atoms with E-state index in [1.165, 1.54) is 0 Å². The van der Waals surface area contributed by atoms with Crippen molar-refractivity contribution in [1.82, 2.24) is 4.31 Å². The Kier molecular flexibility index (Phi) is 5.83. The molecule has 2 N–H and O–H groups in total. The van der Waals surface area contributed by atoms with Crippen LogP contribution < -0.4 is 10.5 Å². The van der Waals surface area contributed by atoms with E-state index in [0.29, 0.717) is 36.3 Å². The number of hydrogen-bond donors (Lipinski definition) is 1. The lowest BCUT2D eigenvalue weighted by Crippen LogP contribution is -2.49. The Balaban J connectivity index is 2.18. The summed E-state index contributed by atoms with van der Waals surface area (Å²) in [6.07, 6.45) is 2.63. The minimum atomic E-state index is -3.49. The Bertz CT molecular complexity index is 572. The molecule has 1 aromatic rings. The van der Waals surface area contributed by atoms with Gasteiger partial charge in [-0.2, -0.15) is 4.31 Å². The fraction of sp³-hybridized carbons (Fsp3) is 0.625. The Morgan fingerprint density at radius 3 is 2.59 bits per heavy atom. The third-order valence-electron chi connectivity index (χ3n) is 4.10. The SMILES string of the molecule is CCCOc1ccc(S(=O)(=O)N2CCC(C)CC2CN)cc1. The summed E-state index contributed by atoms with van der Waals surface area (Å²) in [5.41, 5.74) is 5.78. The highest BCUT2D eigenvalue weighted by atomic mass is 32.2. The van der Waals surface area contributed by atoms with Crippen molar-refractivity contribution in [2.45, 2.75) is 44.0 Å². The smallest absolute Gasteiger partial charge is 0.243 e. The van der Waals surface area contributed by atoms with Gasteiger partial charge in [0.1, 0.15) is 5.75 Å². The van der Waals surface area contributed by atoms with E-state index in [2.05, 4.69) is 6.92 Å². The van der Waals surface area contributed by atoms with E-state index in [-0.39, 0.29) is 6.04 Å². The van der Waals surface area contributed by atoms with Crippen LogP contribution in [0.15, 0.2) is 29.2 Å². The first-order valence-corrected chi connectivity index (χ1v) is 9.37. The van der Waals surface area contributed by atoms with Crippen molar-refractivity contribution in [2.75, 3.05) is 19.7 Å². The van der Waals surface area contributed by atoms with E-state index in [1.54, 1.807) is 28.6 Å². The topological polar surface area (TPSA) is 72.6 Å². The summed E-state index contributed by atoms with van der Waals surface area (Å²) in [6.45, 7) is 5.71. The average Bonchev–Trinajstić information content (AvgIpc) is 2.52. The first-order chi connectivity index (χ1) is 10.5. The summed E-state index contributed by atoms with van der Waals surface area (Å²) in [7, 11) is -3.49. The zero-order chi connectivity index (χ0) is 16.2. The van der Waals surface area contributed by atoms with Crippen molar-refractivity contribution in [3.8, 4) is 5.75 Å². The molecule has 0 spiro atoms. The first-order valence-electron chi connectivity index (χ1n) is 7.93. The molecule has 1 aromatic carbocycles. The lowest BCUT2D eigenvalue weighted by Gasteiger charge is -2.36. The first kappa shape index (κ1) is 17.2. The highest BCUT2D eigenvalue weighted by Gasteiger charge is 2.34. The molecule has 0 radical (unpaired) electrons. The third-order valence-corrected chi connectivity index (χ3v) is 6.07. The molecule has 2 rings (SSSR count). The van der Waals surface area contributed by atoms with Gasteiger partial charge in [-0.15, -0.1) is 0 Å². The molecular formula is C16H26N2O3S. The number of piperidine rings is 1. The van der Waals surface area contributed by atoms with Crippen LogP contribution in [0.4, 0.5) is 0 Å². The molecule has 0 amide bonds. The van der Waals surface area contributed by atoms with Crippen LogP contribution in [0, 0.1) is 5.92 Å². The predicted octanol–water partition coefficient (Wildman–Crippen LogP) is 2.22. The molecule has 2 atom stereocenters. The summed E-state index contributed by atoms with van der Waals surface area (Å²) < 4.78 is 32.7. The van der Waals surface area contributed by atoms with Gasteiger partial charge in [0.05, 0.1) is 11.5 Å². The molecule has 0 aromatic heterocycles. The zero-order valence-corrected chi connectivity index (χ0v) is 14.2. The quantitative estimate of drug-likeness (QED) is 0.870. The number of hydrogen-bond acceptors (Lipinski definition) is 4. The second-order valence-corrected chi connectivity index (χ2v) is 7.85. The summed E-state index contributed by atoms with van der Waals surface area (Å²) in [6, 6.07) is 6.56. The van der Waals surface area contributed by atoms with Gasteiger partial charge in [-0.05, 0) is 49.4 Å². The Hall–Kier alpha value is -1.11. The van der Waals surface area contributed by atoms with Gasteiger partial charge in [0.15, 0.2) is 0 Å². The number of nitrogens with two attached hydrogens (primary N) is 1. The molecule has 0 aliphatic carbocycles. The molecule has 0 bridgehead atoms. The van der Waals surface area contributed by atoms with Crippen LogP contribution in [-0.2, 0) is 10.0 Å². The van der Waals surface area contributed by atoms with Crippen molar-refractivity contribution in [2.24, 2.45) is 11.7 Å². The number of ether oxygens (including phenoxy) is 1. The second kappa shape index (κ2) is 7.44. The lowest BCUT2D eigenvalue weighted by molar-refractivity contribution is 0.211. The van der Waals surface area contributed by atoms with Crippen LogP contribution in [0.5, 0.6) is 5.75 Å². The van der Waals surface area contributed by atoms with Gasteiger partial charge in [-0.1, -0.05) is 13.8 Å². The fourth-order valence-electron chi connectivity index (χ4n) is 2.82. The standard InChI is InChI=1S/C16H26N2O3S/c1-3-10-21-15-4-6-16(7-5-15)22(19,20)18-9-8-13(2)11-14(18)12-17/h4-7,13-14H,3,8-12,17H2,1-2H3. The van der Waals surface area contributed by atoms with Crippen molar-refractivity contribution >= 4 is 10.0 Å². The summed E-state index contributed by atoms with van der Waals surface area (Å²) in [4.78, 5) is 0.310. The van der Waals surface area contributed by atoms with E-state index in [4.69, 9.17) is 10.5 Å². The van der Waals surface area contributed by atoms with Crippen LogP contribution in [0.1, 0.15) is 33.1 Å². The lowest BCUT2D eigenvalue weighted by atomic mass is 9.94. The molecule has 1 heterocycles. The molecule has 22 heavy (non-hydrogen) atoms. The number of nitrogens with zero attached hydrogens (tertiary/aromatic N) is 1. The largest absolute Gasteiger partial charge is 0.494 e. The Labute approximate surface area is 133 Å². The molecule has 5 nitrogen and oxygen atoms in total. The minimum absolute atomic E-state index is 0.107. The van der Waals surface area contributed by atoms with Gasteiger partial charge in [0.25, 0.3) is 0 Å². The van der Waals surface area contributed by atoms with Crippen molar-refractivity contribution in [3.63, 3.8) is 0 Å². The van der Waals surface area contributed by atoms with Gasteiger partial charge in [-0.3, -0.25) is 0 Å². The monoisotopic (exact) mass is 326 g/mol. The van der Waals surface area contributed by atoms with Gasteiger partial charge >= 0.3 is 0 Å². The number of sulfonamides is 1. The molecular weight excluding hydrogens is 300 g/mol. The van der Waals surface area contributed by atoms with Crippen LogP contribution in [0.25, 0.3) is 0 Å². The average molecular weight is 326 g/mol. The van der Waals surface area contributed by atoms with Crippen LogP contribution in [-0.4, -0.2) is 38.5 Å². The summed E-state index contributed by atoms with van der Waals surface area (Å²) >= 11 is 0. The van der Waals surface area contributed by atoms with Crippen molar-refractivity contribution in [1.29, 1.82) is 0 Å². The van der Waals surface area contributed by atoms with E-state index >= 15 is 0 Å². The molecule has 124 valence electrons. The second-order valence-electron chi connectivity index (χ2n) is 5.95. The van der Waals surface area contributed by atoms with Crippen LogP contribution in [0.3, 0.4) is 0 Å². The van der Waals surface area contributed by atoms with Gasteiger partial charge < -0.3 is 10.5 Å². The number of rotatable bonds is 6. The van der Waals surface area contributed by atoms with E-state index in [9.17, 15) is 8.42 Å².